The second kappa shape index (κ2) is 9.43. The van der Waals surface area contributed by atoms with Crippen LogP contribution in [0.5, 0.6) is 0 Å². The Bertz CT molecular complexity index is 1200. The topological polar surface area (TPSA) is 149 Å². The second-order valence-electron chi connectivity index (χ2n) is 6.81. The monoisotopic (exact) mass is 442 g/mol. The van der Waals surface area contributed by atoms with E-state index in [1.807, 2.05) is 30.3 Å². The minimum absolute atomic E-state index is 0.162. The van der Waals surface area contributed by atoms with Crippen LogP contribution in [0.15, 0.2) is 78.9 Å². The van der Waals surface area contributed by atoms with Gasteiger partial charge in [0.1, 0.15) is 0 Å². The van der Waals surface area contributed by atoms with Gasteiger partial charge in [0.2, 0.25) is 17.8 Å². The first-order chi connectivity index (χ1) is 16.0. The molecule has 3 aromatic carbocycles. The summed E-state index contributed by atoms with van der Waals surface area (Å²) in [5, 5.41) is 27.3. The SMILES string of the molecule is O=C(O)c1ccc(Nc2nc(Nc3ccccc3)nc(Nc3ccc(C(=O)O)cc3)n2)cc1. The molecule has 0 spiro atoms. The van der Waals surface area contributed by atoms with Crippen LogP contribution in [0.4, 0.5) is 34.9 Å². The molecule has 1 heterocycles. The normalized spacial score (nSPS) is 10.3. The Morgan fingerprint density at radius 2 is 0.848 bits per heavy atom. The highest BCUT2D eigenvalue weighted by Crippen LogP contribution is 2.21. The van der Waals surface area contributed by atoms with E-state index in [9.17, 15) is 9.59 Å². The lowest BCUT2D eigenvalue weighted by molar-refractivity contribution is 0.0686. The number of aromatic nitrogens is 3. The molecule has 0 saturated carbocycles. The van der Waals surface area contributed by atoms with Crippen molar-refractivity contribution >= 4 is 46.8 Å². The Balaban J connectivity index is 1.62. The molecule has 0 radical (unpaired) electrons. The third-order valence-electron chi connectivity index (χ3n) is 4.44. The van der Waals surface area contributed by atoms with Crippen LogP contribution in [-0.2, 0) is 0 Å². The molecule has 4 rings (SSSR count). The van der Waals surface area contributed by atoms with Crippen LogP contribution in [0.25, 0.3) is 0 Å². The van der Waals surface area contributed by atoms with Crippen molar-refractivity contribution in [2.24, 2.45) is 0 Å². The summed E-state index contributed by atoms with van der Waals surface area (Å²) in [7, 11) is 0. The maximum atomic E-state index is 11.1. The molecule has 4 aromatic rings. The van der Waals surface area contributed by atoms with Gasteiger partial charge in [0, 0.05) is 17.1 Å². The quantitative estimate of drug-likeness (QED) is 0.264. The van der Waals surface area contributed by atoms with Gasteiger partial charge in [-0.3, -0.25) is 0 Å². The zero-order valence-corrected chi connectivity index (χ0v) is 17.1. The first-order valence-electron chi connectivity index (χ1n) is 9.75. The van der Waals surface area contributed by atoms with Crippen LogP contribution >= 0.6 is 0 Å². The van der Waals surface area contributed by atoms with E-state index >= 15 is 0 Å². The van der Waals surface area contributed by atoms with Crippen LogP contribution in [0.1, 0.15) is 20.7 Å². The average Bonchev–Trinajstić information content (AvgIpc) is 2.80. The van der Waals surface area contributed by atoms with E-state index in [4.69, 9.17) is 10.2 Å². The number of hydrogen-bond acceptors (Lipinski definition) is 8. The van der Waals surface area contributed by atoms with Crippen molar-refractivity contribution in [1.82, 2.24) is 15.0 Å². The third kappa shape index (κ3) is 5.58. The summed E-state index contributed by atoms with van der Waals surface area (Å²) in [5.41, 5.74) is 2.28. The highest BCUT2D eigenvalue weighted by molar-refractivity contribution is 5.88. The lowest BCUT2D eigenvalue weighted by Gasteiger charge is -2.12. The van der Waals surface area contributed by atoms with Gasteiger partial charge in [-0.05, 0) is 60.7 Å². The second-order valence-corrected chi connectivity index (χ2v) is 6.81. The van der Waals surface area contributed by atoms with Gasteiger partial charge in [-0.1, -0.05) is 18.2 Å². The van der Waals surface area contributed by atoms with E-state index in [0.717, 1.165) is 5.69 Å². The molecule has 0 aliphatic rings. The van der Waals surface area contributed by atoms with E-state index in [1.54, 1.807) is 24.3 Å². The van der Waals surface area contributed by atoms with Gasteiger partial charge < -0.3 is 26.2 Å². The van der Waals surface area contributed by atoms with Crippen LogP contribution in [0.3, 0.4) is 0 Å². The van der Waals surface area contributed by atoms with Gasteiger partial charge in [0.05, 0.1) is 11.1 Å². The van der Waals surface area contributed by atoms with Crippen LogP contribution in [-0.4, -0.2) is 37.1 Å². The molecule has 0 bridgehead atoms. The molecular formula is C23H18N6O4. The largest absolute Gasteiger partial charge is 0.478 e. The Morgan fingerprint density at radius 3 is 1.18 bits per heavy atom. The number of nitrogens with one attached hydrogen (secondary N) is 3. The molecule has 0 fully saturated rings. The highest BCUT2D eigenvalue weighted by atomic mass is 16.4. The Hall–Kier alpha value is -4.99. The van der Waals surface area contributed by atoms with E-state index in [2.05, 4.69) is 30.9 Å². The molecular weight excluding hydrogens is 424 g/mol. The van der Waals surface area contributed by atoms with Crippen molar-refractivity contribution in [1.29, 1.82) is 0 Å². The number of benzene rings is 3. The summed E-state index contributed by atoms with van der Waals surface area (Å²) >= 11 is 0. The number of aromatic carboxylic acids is 2. The van der Waals surface area contributed by atoms with E-state index in [-0.39, 0.29) is 29.0 Å². The van der Waals surface area contributed by atoms with Crippen molar-refractivity contribution in [3.8, 4) is 0 Å². The van der Waals surface area contributed by atoms with E-state index in [0.29, 0.717) is 11.4 Å². The fraction of sp³-hybridized carbons (Fsp3) is 0. The van der Waals surface area contributed by atoms with Gasteiger partial charge in [-0.15, -0.1) is 0 Å². The number of para-hydroxylation sites is 1. The summed E-state index contributed by atoms with van der Waals surface area (Å²) < 4.78 is 0. The fourth-order valence-electron chi connectivity index (χ4n) is 2.84. The molecule has 0 unspecified atom stereocenters. The fourth-order valence-corrected chi connectivity index (χ4v) is 2.84. The van der Waals surface area contributed by atoms with Gasteiger partial charge in [-0.25, -0.2) is 9.59 Å². The Labute approximate surface area is 188 Å². The molecule has 164 valence electrons. The summed E-state index contributed by atoms with van der Waals surface area (Å²) in [5.74, 6) is -1.33. The predicted octanol–water partition coefficient (Wildman–Crippen LogP) is 4.50. The minimum Gasteiger partial charge on any atom is -0.478 e. The first-order valence-corrected chi connectivity index (χ1v) is 9.75. The molecule has 10 heteroatoms. The summed E-state index contributed by atoms with van der Waals surface area (Å²) in [4.78, 5) is 35.3. The molecule has 0 aliphatic carbocycles. The van der Waals surface area contributed by atoms with Crippen molar-refractivity contribution in [3.05, 3.63) is 90.0 Å². The van der Waals surface area contributed by atoms with Gasteiger partial charge in [0.25, 0.3) is 0 Å². The summed E-state index contributed by atoms with van der Waals surface area (Å²) in [6.45, 7) is 0. The molecule has 10 nitrogen and oxygen atoms in total. The molecule has 0 atom stereocenters. The van der Waals surface area contributed by atoms with E-state index < -0.39 is 11.9 Å². The van der Waals surface area contributed by atoms with Gasteiger partial charge in [0.15, 0.2) is 0 Å². The summed E-state index contributed by atoms with van der Waals surface area (Å²) in [6.07, 6.45) is 0. The van der Waals surface area contributed by atoms with Gasteiger partial charge in [-0.2, -0.15) is 15.0 Å². The lowest BCUT2D eigenvalue weighted by atomic mass is 10.2. The van der Waals surface area contributed by atoms with Crippen LogP contribution < -0.4 is 16.0 Å². The highest BCUT2D eigenvalue weighted by Gasteiger charge is 2.10. The molecule has 33 heavy (non-hydrogen) atoms. The van der Waals surface area contributed by atoms with Crippen molar-refractivity contribution < 1.29 is 19.8 Å². The van der Waals surface area contributed by atoms with Gasteiger partial charge >= 0.3 is 11.9 Å². The van der Waals surface area contributed by atoms with E-state index in [1.165, 1.54) is 24.3 Å². The number of anilines is 6. The lowest BCUT2D eigenvalue weighted by Crippen LogP contribution is -2.07. The molecule has 0 aliphatic heterocycles. The average molecular weight is 442 g/mol. The third-order valence-corrected chi connectivity index (χ3v) is 4.44. The Morgan fingerprint density at radius 1 is 0.515 bits per heavy atom. The number of rotatable bonds is 8. The first kappa shape index (κ1) is 21.2. The molecule has 5 N–H and O–H groups in total. The number of carboxylic acids is 2. The maximum absolute atomic E-state index is 11.1. The van der Waals surface area contributed by atoms with Crippen molar-refractivity contribution in [2.75, 3.05) is 16.0 Å². The smallest absolute Gasteiger partial charge is 0.335 e. The van der Waals surface area contributed by atoms with Crippen molar-refractivity contribution in [3.63, 3.8) is 0 Å². The number of carbonyl (C=O) groups is 2. The maximum Gasteiger partial charge on any atom is 0.335 e. The molecule has 1 aromatic heterocycles. The molecule has 0 saturated heterocycles. The number of hydrogen-bond donors (Lipinski definition) is 5. The summed E-state index contributed by atoms with van der Waals surface area (Å²) in [6, 6.07) is 21.7. The van der Waals surface area contributed by atoms with Crippen LogP contribution in [0.2, 0.25) is 0 Å². The van der Waals surface area contributed by atoms with Crippen molar-refractivity contribution in [2.45, 2.75) is 0 Å². The zero-order chi connectivity index (χ0) is 23.2. The predicted molar refractivity (Wildman–Crippen MR) is 123 cm³/mol. The van der Waals surface area contributed by atoms with Crippen LogP contribution in [0, 0.1) is 0 Å². The minimum atomic E-state index is -1.02. The number of nitrogens with zero attached hydrogens (tertiary/aromatic N) is 3. The zero-order valence-electron chi connectivity index (χ0n) is 17.1. The standard InChI is InChI=1S/C23H18N6O4/c30-19(31)14-6-10-17(11-7-14)25-22-27-21(24-16-4-2-1-3-5-16)28-23(29-22)26-18-12-8-15(9-13-18)20(32)33/h1-13H,(H,30,31)(H,32,33)(H3,24,25,26,27,28,29). The molecule has 0 amide bonds. The number of carboxylic acid groups (broad SMARTS) is 2. The Kier molecular flexibility index (Phi) is 6.08.